The molecule has 0 amide bonds. The minimum Gasteiger partial charge on any atom is -0.369 e. The van der Waals surface area contributed by atoms with E-state index in [4.69, 9.17) is 4.99 Å². The van der Waals surface area contributed by atoms with E-state index in [1.54, 1.807) is 24.7 Å². The number of aliphatic imine (C=N–C) groups is 1. The van der Waals surface area contributed by atoms with Crippen LogP contribution in [0.3, 0.4) is 0 Å². The first-order valence-electron chi connectivity index (χ1n) is 33.6. The summed E-state index contributed by atoms with van der Waals surface area (Å²) in [5.41, 5.74) is 0.665. The molecule has 2 aliphatic carbocycles. The molecular formula is C70H109F8N11. The second-order valence-corrected chi connectivity index (χ2v) is 27.6. The number of halogens is 8. The van der Waals surface area contributed by atoms with Crippen molar-refractivity contribution in [1.29, 1.82) is 0 Å². The van der Waals surface area contributed by atoms with Crippen LogP contribution in [-0.4, -0.2) is 139 Å². The minimum atomic E-state index is -5.18. The van der Waals surface area contributed by atoms with Gasteiger partial charge >= 0.3 is 12.4 Å². The fourth-order valence-electron chi connectivity index (χ4n) is 14.9. The third-order valence-electron chi connectivity index (χ3n) is 20.6. The normalized spacial score (nSPS) is 29.0. The Labute approximate surface area is 528 Å². The Balaban J connectivity index is 1.20. The zero-order valence-electron chi connectivity index (χ0n) is 55.5. The number of nitrogens with zero attached hydrogens (tertiary/aromatic N) is 5. The maximum atomic E-state index is 14.8. The number of allylic oxidation sites excluding steroid dienone is 4. The largest absolute Gasteiger partial charge is 0.422 e. The number of nitrogens with one attached hydrogen (secondary N) is 6. The molecule has 2 aromatic carbocycles. The third-order valence-corrected chi connectivity index (χ3v) is 20.6. The van der Waals surface area contributed by atoms with Crippen molar-refractivity contribution in [2.45, 2.75) is 238 Å². The van der Waals surface area contributed by atoms with E-state index < -0.39 is 35.1 Å². The average molecular weight is 1260 g/mol. The summed E-state index contributed by atoms with van der Waals surface area (Å²) < 4.78 is 111. The fourth-order valence-corrected chi connectivity index (χ4v) is 14.9. The van der Waals surface area contributed by atoms with Crippen LogP contribution >= 0.6 is 0 Å². The van der Waals surface area contributed by atoms with E-state index in [2.05, 4.69) is 122 Å². The summed E-state index contributed by atoms with van der Waals surface area (Å²) >= 11 is 0. The number of rotatable bonds is 10. The SMILES string of the molecule is CC[C@H](C)[C@H]1CN[C@@H](CC(C)C)C(C)NCC2[C@H](C)C(C)N2[C@@H](C2CCCC2)C(C)NC2(CCCC2)CNCCN=CC=C(CCc2cc(F)c(C(F)(F)F)c(F)c2)NC=CN(C)C=C(Cc2ccc(C(F)(F)F)cc2)N(C)C=C2CCCN2[C@@H](C)C(C)N1. The van der Waals surface area contributed by atoms with Gasteiger partial charge in [-0.1, -0.05) is 78.9 Å². The molecule has 11 atom stereocenters. The predicted molar refractivity (Wildman–Crippen MR) is 347 cm³/mol. The average Bonchev–Trinajstić information content (AvgIpc) is 1.89. The van der Waals surface area contributed by atoms with Crippen molar-refractivity contribution in [3.63, 3.8) is 0 Å². The topological polar surface area (TPSA) is 97.5 Å². The number of fused-ring (bicyclic) bond motifs is 2. The number of hydrogen-bond donors (Lipinski definition) is 6. The summed E-state index contributed by atoms with van der Waals surface area (Å²) in [5.74, 6) is -1.18. The zero-order valence-corrected chi connectivity index (χ0v) is 55.5. The maximum absolute atomic E-state index is 14.8. The van der Waals surface area contributed by atoms with Gasteiger partial charge in [0.25, 0.3) is 0 Å². The number of hydrogen-bond acceptors (Lipinski definition) is 11. The molecular weight excluding hydrogens is 1150 g/mol. The van der Waals surface area contributed by atoms with Crippen molar-refractivity contribution >= 4 is 6.21 Å². The Morgan fingerprint density at radius 3 is 2.09 bits per heavy atom. The molecule has 11 nitrogen and oxygen atoms in total. The van der Waals surface area contributed by atoms with Crippen molar-refractivity contribution in [2.75, 3.05) is 53.4 Å². The zero-order chi connectivity index (χ0) is 64.8. The van der Waals surface area contributed by atoms with Crippen molar-refractivity contribution in [2.24, 2.45) is 28.7 Å². The summed E-state index contributed by atoms with van der Waals surface area (Å²) in [4.78, 5) is 14.0. The van der Waals surface area contributed by atoms with Gasteiger partial charge in [0.05, 0.1) is 12.1 Å². The van der Waals surface area contributed by atoms with Gasteiger partial charge in [-0.3, -0.25) is 9.89 Å². The molecule has 3 heterocycles. The van der Waals surface area contributed by atoms with Crippen LogP contribution in [0.4, 0.5) is 35.1 Å². The summed E-state index contributed by atoms with van der Waals surface area (Å²) in [5, 5.41) is 23.8. The van der Waals surface area contributed by atoms with Gasteiger partial charge in [0.2, 0.25) is 0 Å². The Bertz CT molecular complexity index is 2640. The van der Waals surface area contributed by atoms with Crippen LogP contribution in [0.5, 0.6) is 0 Å². The molecule has 2 saturated heterocycles. The van der Waals surface area contributed by atoms with Crippen LogP contribution < -0.4 is 31.9 Å². The predicted octanol–water partition coefficient (Wildman–Crippen LogP) is 13.8. The van der Waals surface area contributed by atoms with Crippen LogP contribution in [0.2, 0.25) is 0 Å². The summed E-state index contributed by atoms with van der Waals surface area (Å²) in [6.07, 6.45) is 15.5. The molecule has 2 aromatic rings. The molecule has 0 bridgehead atoms. The van der Waals surface area contributed by atoms with E-state index in [1.807, 2.05) is 25.2 Å². The lowest BCUT2D eigenvalue weighted by molar-refractivity contribution is -0.142. The summed E-state index contributed by atoms with van der Waals surface area (Å²) in [7, 11) is 3.81. The molecule has 19 heteroatoms. The van der Waals surface area contributed by atoms with E-state index in [1.165, 1.54) is 56.4 Å². The first kappa shape index (κ1) is 71.9. The first-order chi connectivity index (χ1) is 42.2. The molecule has 2 saturated carbocycles. The fraction of sp³-hybridized carbons (Fsp3) is 0.700. The number of aryl methyl sites for hydroxylation is 1. The molecule has 4 fully saturated rings. The molecule has 7 rings (SSSR count). The highest BCUT2D eigenvalue weighted by Gasteiger charge is 2.51. The lowest BCUT2D eigenvalue weighted by Crippen LogP contribution is -2.73. The Morgan fingerprint density at radius 1 is 0.764 bits per heavy atom. The lowest BCUT2D eigenvalue weighted by atomic mass is 9.75. The summed E-state index contributed by atoms with van der Waals surface area (Å²) in [6, 6.07) is 9.40. The number of likely N-dealkylation sites (N-methyl/N-ethyl adjacent to an activating group) is 1. The van der Waals surface area contributed by atoms with E-state index in [0.29, 0.717) is 78.6 Å². The molecule has 0 radical (unpaired) electrons. The second kappa shape index (κ2) is 32.8. The van der Waals surface area contributed by atoms with Gasteiger partial charge in [-0.15, -0.1) is 0 Å². The molecule has 3 aliphatic heterocycles. The van der Waals surface area contributed by atoms with Crippen molar-refractivity contribution in [3.05, 3.63) is 118 Å². The smallest absolute Gasteiger partial charge is 0.369 e. The van der Waals surface area contributed by atoms with E-state index in [-0.39, 0.29) is 54.2 Å². The highest BCUT2D eigenvalue weighted by molar-refractivity contribution is 5.72. The van der Waals surface area contributed by atoms with E-state index in [9.17, 15) is 35.1 Å². The van der Waals surface area contributed by atoms with E-state index in [0.717, 1.165) is 94.7 Å². The molecule has 5 aliphatic rings. The summed E-state index contributed by atoms with van der Waals surface area (Å²) in [6.45, 7) is 28.3. The van der Waals surface area contributed by atoms with Gasteiger partial charge in [-0.25, -0.2) is 8.78 Å². The van der Waals surface area contributed by atoms with Gasteiger partial charge in [0, 0.05) is 161 Å². The highest BCUT2D eigenvalue weighted by atomic mass is 19.4. The molecule has 1 spiro atoms. The van der Waals surface area contributed by atoms with Gasteiger partial charge in [0.1, 0.15) is 17.2 Å². The van der Waals surface area contributed by atoms with Crippen molar-refractivity contribution < 1.29 is 35.1 Å². The van der Waals surface area contributed by atoms with E-state index >= 15 is 0 Å². The third kappa shape index (κ3) is 20.0. The van der Waals surface area contributed by atoms with Crippen LogP contribution in [0.15, 0.2) is 89.4 Å². The molecule has 0 aromatic heterocycles. The molecule has 500 valence electrons. The van der Waals surface area contributed by atoms with Crippen LogP contribution in [0.1, 0.15) is 175 Å². The number of benzene rings is 2. The van der Waals surface area contributed by atoms with Gasteiger partial charge in [0.15, 0.2) is 0 Å². The Hall–Kier alpha value is -4.53. The Kier molecular flexibility index (Phi) is 26.5. The van der Waals surface area contributed by atoms with Crippen molar-refractivity contribution in [3.8, 4) is 0 Å². The maximum Gasteiger partial charge on any atom is 0.422 e. The monoisotopic (exact) mass is 1260 g/mol. The Morgan fingerprint density at radius 2 is 1.45 bits per heavy atom. The molecule has 89 heavy (non-hydrogen) atoms. The lowest BCUT2D eigenvalue weighted by Gasteiger charge is -2.60. The molecule has 6 N–H and O–H groups in total. The standard InChI is InChI=1S/C70H109F8N11/c1-13-47(4)64-41-83-63(37-46(2)3)50(7)82-42-65-48(5)52(9)89(65)67(56-19-14-15-20-56)51(8)85-68(29-16-17-30-68)45-80-33-32-79-31-28-58(27-24-55-39-61(71)66(62(72)40-55)70(76,77)78)81-34-36-86(11)43-60(38-54-22-25-57(26-23-54)69(73,74)75)87(12)44-59-21-18-35-88(59)53(10)49(6)84-64/h22-23,25-26,28,31,34,36,39-40,43-44,46-53,56,63-65,67,80-85H,13-21,24,27,29-30,32-33,35,37-38,41-42,45H2,1-12H3/t47-,48+,49?,50?,51?,52?,53-,63-,64+,65?,67+/m0/s1. The van der Waals surface area contributed by atoms with Gasteiger partial charge in [-0.05, 0) is 158 Å². The van der Waals surface area contributed by atoms with Gasteiger partial charge < -0.3 is 46.6 Å². The van der Waals surface area contributed by atoms with Crippen molar-refractivity contribution in [1.82, 2.24) is 51.5 Å². The van der Waals surface area contributed by atoms with Gasteiger partial charge in [-0.2, -0.15) is 26.3 Å². The van der Waals surface area contributed by atoms with Crippen LogP contribution in [0.25, 0.3) is 0 Å². The highest BCUT2D eigenvalue weighted by Crippen LogP contribution is 2.43. The molecule has 5 unspecified atom stereocenters. The van der Waals surface area contributed by atoms with Crippen LogP contribution in [-0.2, 0) is 25.2 Å². The quantitative estimate of drug-likeness (QED) is 0.129. The minimum absolute atomic E-state index is 0.0288. The second-order valence-electron chi connectivity index (χ2n) is 27.6. The first-order valence-corrected chi connectivity index (χ1v) is 33.6. The number of alkyl halides is 6. The van der Waals surface area contributed by atoms with Crippen LogP contribution in [0, 0.1) is 35.3 Å².